The van der Waals surface area contributed by atoms with E-state index in [1.54, 1.807) is 0 Å². The molecule has 0 fully saturated rings. The van der Waals surface area contributed by atoms with Crippen LogP contribution in [0, 0.1) is 0 Å². The van der Waals surface area contributed by atoms with Gasteiger partial charge in [0.2, 0.25) is 0 Å². The molecule has 0 spiro atoms. The number of para-hydroxylation sites is 1. The van der Waals surface area contributed by atoms with Crippen molar-refractivity contribution in [2.45, 2.75) is 31.5 Å². The Bertz CT molecular complexity index is 819. The molecule has 1 aromatic heterocycles. The van der Waals surface area contributed by atoms with Crippen LogP contribution in [-0.2, 0) is 10.7 Å². The van der Waals surface area contributed by atoms with Crippen LogP contribution >= 0.6 is 15.9 Å². The molecule has 3 aromatic rings. The fourth-order valence-electron chi connectivity index (χ4n) is 2.49. The van der Waals surface area contributed by atoms with Crippen molar-refractivity contribution in [1.29, 1.82) is 0 Å². The monoisotopic (exact) mass is 354 g/mol. The molecule has 0 saturated carbocycles. The molecule has 112 valence electrons. The standard InChI is InChI=1S/C19H19BrN2/c1-19(2,3)15-8-4-6-13(10-15)17-12-21-18-14(11-20)7-5-9-16(18)22-17/h4-10,12H,11H2,1-3H3. The number of hydrogen-bond acceptors (Lipinski definition) is 2. The van der Waals surface area contributed by atoms with Crippen LogP contribution in [0.15, 0.2) is 48.7 Å². The lowest BCUT2D eigenvalue weighted by atomic mass is 9.86. The molecule has 0 aliphatic carbocycles. The zero-order chi connectivity index (χ0) is 15.7. The predicted octanol–water partition coefficient (Wildman–Crippen LogP) is 5.49. The molecule has 0 atom stereocenters. The molecule has 0 aliphatic heterocycles. The van der Waals surface area contributed by atoms with Crippen LogP contribution in [-0.4, -0.2) is 9.97 Å². The maximum atomic E-state index is 4.79. The van der Waals surface area contributed by atoms with E-state index in [2.05, 4.69) is 72.0 Å². The van der Waals surface area contributed by atoms with Crippen molar-refractivity contribution in [3.63, 3.8) is 0 Å². The highest BCUT2D eigenvalue weighted by atomic mass is 79.9. The molecule has 0 aliphatic rings. The highest BCUT2D eigenvalue weighted by Crippen LogP contribution is 2.27. The summed E-state index contributed by atoms with van der Waals surface area (Å²) in [5.74, 6) is 0. The van der Waals surface area contributed by atoms with Crippen molar-refractivity contribution >= 4 is 27.0 Å². The van der Waals surface area contributed by atoms with Gasteiger partial charge in [-0.2, -0.15) is 0 Å². The summed E-state index contributed by atoms with van der Waals surface area (Å²) in [5, 5.41) is 0.790. The number of benzene rings is 2. The molecule has 0 amide bonds. The van der Waals surface area contributed by atoms with Crippen LogP contribution in [0.2, 0.25) is 0 Å². The van der Waals surface area contributed by atoms with Crippen LogP contribution in [0.4, 0.5) is 0 Å². The third kappa shape index (κ3) is 2.91. The topological polar surface area (TPSA) is 25.8 Å². The molecule has 1 heterocycles. The Kier molecular flexibility index (Phi) is 4.00. The lowest BCUT2D eigenvalue weighted by Gasteiger charge is -2.19. The van der Waals surface area contributed by atoms with Crippen LogP contribution in [0.25, 0.3) is 22.3 Å². The molecule has 2 nitrogen and oxygen atoms in total. The highest BCUT2D eigenvalue weighted by Gasteiger charge is 2.14. The minimum atomic E-state index is 0.128. The summed E-state index contributed by atoms with van der Waals surface area (Å²) in [4.78, 5) is 9.42. The number of aromatic nitrogens is 2. The molecule has 2 aromatic carbocycles. The summed E-state index contributed by atoms with van der Waals surface area (Å²) >= 11 is 3.51. The van der Waals surface area contributed by atoms with Gasteiger partial charge in [0.15, 0.2) is 0 Å². The van der Waals surface area contributed by atoms with E-state index < -0.39 is 0 Å². The predicted molar refractivity (Wildman–Crippen MR) is 96.3 cm³/mol. The molecular weight excluding hydrogens is 336 g/mol. The number of halogens is 1. The van der Waals surface area contributed by atoms with Crippen LogP contribution in [0.3, 0.4) is 0 Å². The van der Waals surface area contributed by atoms with E-state index >= 15 is 0 Å². The van der Waals surface area contributed by atoms with Crippen molar-refractivity contribution in [3.8, 4) is 11.3 Å². The number of nitrogens with zero attached hydrogens (tertiary/aromatic N) is 2. The lowest BCUT2D eigenvalue weighted by Crippen LogP contribution is -2.10. The SMILES string of the molecule is CC(C)(C)c1cccc(-c2cnc3c(CBr)cccc3n2)c1. The first-order valence-electron chi connectivity index (χ1n) is 7.40. The minimum Gasteiger partial charge on any atom is -0.252 e. The van der Waals surface area contributed by atoms with Crippen molar-refractivity contribution in [2.24, 2.45) is 0 Å². The molecule has 3 rings (SSSR count). The largest absolute Gasteiger partial charge is 0.252 e. The Morgan fingerprint density at radius 2 is 1.82 bits per heavy atom. The molecule has 0 radical (unpaired) electrons. The quantitative estimate of drug-likeness (QED) is 0.568. The van der Waals surface area contributed by atoms with Gasteiger partial charge in [0.05, 0.1) is 22.9 Å². The number of rotatable bonds is 2. The molecule has 0 unspecified atom stereocenters. The second kappa shape index (κ2) is 5.81. The van der Waals surface area contributed by atoms with Gasteiger partial charge in [0.25, 0.3) is 0 Å². The van der Waals surface area contributed by atoms with Gasteiger partial charge < -0.3 is 0 Å². The van der Waals surface area contributed by atoms with Gasteiger partial charge in [-0.15, -0.1) is 0 Å². The summed E-state index contributed by atoms with van der Waals surface area (Å²) in [7, 11) is 0. The van der Waals surface area contributed by atoms with Crippen LogP contribution in [0.1, 0.15) is 31.9 Å². The third-order valence-corrected chi connectivity index (χ3v) is 4.43. The summed E-state index contributed by atoms with van der Waals surface area (Å²) in [6.07, 6.45) is 1.87. The van der Waals surface area contributed by atoms with Gasteiger partial charge in [0, 0.05) is 10.9 Å². The summed E-state index contributed by atoms with van der Waals surface area (Å²) in [6.45, 7) is 6.67. The number of hydrogen-bond donors (Lipinski definition) is 0. The minimum absolute atomic E-state index is 0.128. The Morgan fingerprint density at radius 1 is 1.05 bits per heavy atom. The van der Waals surface area contributed by atoms with Crippen LogP contribution in [0.5, 0.6) is 0 Å². The van der Waals surface area contributed by atoms with Crippen molar-refractivity contribution < 1.29 is 0 Å². The summed E-state index contributed by atoms with van der Waals surface area (Å²) in [6, 6.07) is 14.7. The second-order valence-electron chi connectivity index (χ2n) is 6.50. The number of alkyl halides is 1. The first kappa shape index (κ1) is 15.2. The average Bonchev–Trinajstić information content (AvgIpc) is 2.53. The molecule has 0 saturated heterocycles. The number of fused-ring (bicyclic) bond motifs is 1. The zero-order valence-electron chi connectivity index (χ0n) is 13.1. The van der Waals surface area contributed by atoms with Gasteiger partial charge in [-0.3, -0.25) is 4.98 Å². The molecule has 0 bridgehead atoms. The van der Waals surface area contributed by atoms with Crippen molar-refractivity contribution in [2.75, 3.05) is 0 Å². The molecule has 0 N–H and O–H groups in total. The normalized spacial score (nSPS) is 11.8. The highest BCUT2D eigenvalue weighted by molar-refractivity contribution is 9.08. The van der Waals surface area contributed by atoms with E-state index in [-0.39, 0.29) is 5.41 Å². The van der Waals surface area contributed by atoms with E-state index in [0.717, 1.165) is 27.6 Å². The Balaban J connectivity index is 2.11. The molecule has 3 heteroatoms. The second-order valence-corrected chi connectivity index (χ2v) is 7.07. The lowest BCUT2D eigenvalue weighted by molar-refractivity contribution is 0.590. The van der Waals surface area contributed by atoms with Gasteiger partial charge in [-0.1, -0.05) is 67.0 Å². The maximum absolute atomic E-state index is 4.79. The van der Waals surface area contributed by atoms with E-state index in [1.165, 1.54) is 11.1 Å². The Hall–Kier alpha value is -1.74. The van der Waals surface area contributed by atoms with Crippen molar-refractivity contribution in [3.05, 3.63) is 59.8 Å². The summed E-state index contributed by atoms with van der Waals surface area (Å²) in [5.41, 5.74) is 6.55. The van der Waals surface area contributed by atoms with Crippen molar-refractivity contribution in [1.82, 2.24) is 9.97 Å². The fraction of sp³-hybridized carbons (Fsp3) is 0.263. The van der Waals surface area contributed by atoms with E-state index in [4.69, 9.17) is 4.98 Å². The van der Waals surface area contributed by atoms with Gasteiger partial charge in [-0.25, -0.2) is 4.98 Å². The van der Waals surface area contributed by atoms with Crippen LogP contribution < -0.4 is 0 Å². The van der Waals surface area contributed by atoms with E-state index in [0.29, 0.717) is 0 Å². The molecule has 22 heavy (non-hydrogen) atoms. The smallest absolute Gasteiger partial charge is 0.0927 e. The first-order valence-corrected chi connectivity index (χ1v) is 8.53. The van der Waals surface area contributed by atoms with E-state index in [9.17, 15) is 0 Å². The molecular formula is C19H19BrN2. The van der Waals surface area contributed by atoms with E-state index in [1.807, 2.05) is 18.3 Å². The Morgan fingerprint density at radius 3 is 2.55 bits per heavy atom. The third-order valence-electron chi connectivity index (χ3n) is 3.82. The Labute approximate surface area is 139 Å². The summed E-state index contributed by atoms with van der Waals surface area (Å²) < 4.78 is 0. The van der Waals surface area contributed by atoms with Gasteiger partial charge >= 0.3 is 0 Å². The van der Waals surface area contributed by atoms with Gasteiger partial charge in [-0.05, 0) is 28.7 Å². The maximum Gasteiger partial charge on any atom is 0.0927 e. The first-order chi connectivity index (χ1) is 10.5. The fourth-order valence-corrected chi connectivity index (χ4v) is 2.95. The average molecular weight is 355 g/mol. The van der Waals surface area contributed by atoms with Gasteiger partial charge in [0.1, 0.15) is 0 Å². The zero-order valence-corrected chi connectivity index (χ0v) is 14.7.